The number of aliphatic imine (C=N–C) groups is 1. The summed E-state index contributed by atoms with van der Waals surface area (Å²) in [6.45, 7) is 0.524. The summed E-state index contributed by atoms with van der Waals surface area (Å²) in [6, 6.07) is 27.5. The Morgan fingerprint density at radius 3 is 2.42 bits per heavy atom. The van der Waals surface area contributed by atoms with Gasteiger partial charge in [0.25, 0.3) is 5.91 Å². The molecule has 1 saturated carbocycles. The normalized spacial score (nSPS) is 20.7. The number of ether oxygens (including phenoxy) is 2. The average molecular weight is 512 g/mol. The number of carbonyl (C=O) groups is 1. The van der Waals surface area contributed by atoms with E-state index in [1.165, 1.54) is 0 Å². The van der Waals surface area contributed by atoms with Crippen LogP contribution in [0.4, 0.5) is 0 Å². The van der Waals surface area contributed by atoms with E-state index in [2.05, 4.69) is 10.9 Å². The van der Waals surface area contributed by atoms with Crippen molar-refractivity contribution in [2.24, 2.45) is 4.99 Å². The fraction of sp³-hybridized carbons (Fsp3) is 0.290. The van der Waals surface area contributed by atoms with Gasteiger partial charge in [0.05, 0.1) is 6.61 Å². The second-order valence-corrected chi connectivity index (χ2v) is 9.59. The Morgan fingerprint density at radius 2 is 1.74 bits per heavy atom. The molecule has 1 aliphatic heterocycles. The van der Waals surface area contributed by atoms with Crippen LogP contribution in [0.15, 0.2) is 96.0 Å². The lowest BCUT2D eigenvalue weighted by Crippen LogP contribution is -2.53. The predicted molar refractivity (Wildman–Crippen MR) is 148 cm³/mol. The van der Waals surface area contributed by atoms with E-state index in [9.17, 15) is 4.79 Å². The summed E-state index contributed by atoms with van der Waals surface area (Å²) >= 11 is 0. The quantitative estimate of drug-likeness (QED) is 0.244. The molecule has 3 aromatic carbocycles. The number of amides is 1. The monoisotopic (exact) mass is 511 g/mol. The van der Waals surface area contributed by atoms with Gasteiger partial charge in [0.2, 0.25) is 5.90 Å². The molecule has 3 N–H and O–H groups in total. The maximum absolute atomic E-state index is 13.9. The zero-order valence-electron chi connectivity index (χ0n) is 21.3. The minimum atomic E-state index is -1.21. The van der Waals surface area contributed by atoms with Gasteiger partial charge >= 0.3 is 0 Å². The standard InChI is InChI=1S/C31H33N3O4/c35-21-8-22-37-27-18-14-25(15-19-27)29-32-31(30(36)34-33-26-16-17-26,20-7-11-23-9-3-1-4-10-23)28(38-29)24-12-5-2-6-13-24/h1-7,9-15,18-19,26,28,33,35H,8,16-17,20-22H2,(H,34,36)/b11-7+/t28-,31-/m0/s1. The van der Waals surface area contributed by atoms with Gasteiger partial charge in [-0.05, 0) is 48.2 Å². The maximum Gasteiger partial charge on any atom is 0.266 e. The Bertz CT molecular complexity index is 1260. The molecule has 0 saturated heterocycles. The zero-order valence-corrected chi connectivity index (χ0v) is 21.3. The smallest absolute Gasteiger partial charge is 0.266 e. The molecule has 1 fully saturated rings. The summed E-state index contributed by atoms with van der Waals surface area (Å²) in [4.78, 5) is 18.9. The second-order valence-electron chi connectivity index (χ2n) is 9.59. The van der Waals surface area contributed by atoms with Crippen LogP contribution < -0.4 is 15.6 Å². The van der Waals surface area contributed by atoms with Gasteiger partial charge < -0.3 is 14.6 Å². The molecule has 0 radical (unpaired) electrons. The van der Waals surface area contributed by atoms with Gasteiger partial charge in [-0.1, -0.05) is 72.8 Å². The first-order valence-electron chi connectivity index (χ1n) is 13.1. The van der Waals surface area contributed by atoms with Crippen LogP contribution in [0.5, 0.6) is 5.75 Å². The lowest BCUT2D eigenvalue weighted by Gasteiger charge is -2.29. The Hall–Kier alpha value is -3.94. The summed E-state index contributed by atoms with van der Waals surface area (Å²) in [6.07, 6.45) is 6.40. The molecule has 196 valence electrons. The highest BCUT2D eigenvalue weighted by Crippen LogP contribution is 2.43. The third-order valence-electron chi connectivity index (χ3n) is 6.64. The molecule has 3 aromatic rings. The lowest BCUT2D eigenvalue weighted by molar-refractivity contribution is -0.129. The predicted octanol–water partition coefficient (Wildman–Crippen LogP) is 4.59. The summed E-state index contributed by atoms with van der Waals surface area (Å²) in [5.41, 5.74) is 7.56. The van der Waals surface area contributed by atoms with Crippen LogP contribution >= 0.6 is 0 Å². The molecule has 1 aliphatic carbocycles. The maximum atomic E-state index is 13.9. The van der Waals surface area contributed by atoms with Crippen molar-refractivity contribution in [1.82, 2.24) is 10.9 Å². The molecule has 7 nitrogen and oxygen atoms in total. The number of hydrogen-bond donors (Lipinski definition) is 3. The molecule has 2 aliphatic rings. The molecular formula is C31H33N3O4. The first-order chi connectivity index (χ1) is 18.7. The highest BCUT2D eigenvalue weighted by Gasteiger charge is 2.52. The van der Waals surface area contributed by atoms with E-state index in [0.29, 0.717) is 37.1 Å². The second kappa shape index (κ2) is 12.1. The number of benzene rings is 3. The van der Waals surface area contributed by atoms with Crippen molar-refractivity contribution in [3.63, 3.8) is 0 Å². The highest BCUT2D eigenvalue weighted by molar-refractivity contribution is 6.01. The first kappa shape index (κ1) is 25.7. The van der Waals surface area contributed by atoms with Gasteiger partial charge in [-0.25, -0.2) is 10.4 Å². The molecule has 0 aromatic heterocycles. The molecule has 1 heterocycles. The fourth-order valence-corrected chi connectivity index (χ4v) is 4.39. The summed E-state index contributed by atoms with van der Waals surface area (Å²) in [5, 5.41) is 8.99. The van der Waals surface area contributed by atoms with E-state index in [0.717, 1.165) is 29.5 Å². The number of hydrazine groups is 1. The number of rotatable bonds is 12. The number of aliphatic hydroxyl groups excluding tert-OH is 1. The first-order valence-corrected chi connectivity index (χ1v) is 13.1. The molecule has 1 amide bonds. The van der Waals surface area contributed by atoms with Gasteiger partial charge in [0.15, 0.2) is 11.6 Å². The van der Waals surface area contributed by atoms with Gasteiger partial charge in [0.1, 0.15) is 5.75 Å². The van der Waals surface area contributed by atoms with Crippen LogP contribution in [0.2, 0.25) is 0 Å². The minimum absolute atomic E-state index is 0.0854. The van der Waals surface area contributed by atoms with Crippen LogP contribution in [0.25, 0.3) is 6.08 Å². The van der Waals surface area contributed by atoms with E-state index < -0.39 is 11.6 Å². The van der Waals surface area contributed by atoms with Crippen molar-refractivity contribution in [2.75, 3.05) is 13.2 Å². The van der Waals surface area contributed by atoms with Crippen molar-refractivity contribution in [1.29, 1.82) is 0 Å². The van der Waals surface area contributed by atoms with Crippen LogP contribution in [0, 0.1) is 0 Å². The Labute approximate surface area is 223 Å². The van der Waals surface area contributed by atoms with E-state index in [-0.39, 0.29) is 12.5 Å². The molecule has 7 heteroatoms. The minimum Gasteiger partial charge on any atom is -0.494 e. The third-order valence-corrected chi connectivity index (χ3v) is 6.64. The van der Waals surface area contributed by atoms with E-state index in [1.54, 1.807) is 0 Å². The van der Waals surface area contributed by atoms with E-state index >= 15 is 0 Å². The molecule has 0 unspecified atom stereocenters. The zero-order chi connectivity index (χ0) is 26.2. The number of nitrogens with one attached hydrogen (secondary N) is 2. The van der Waals surface area contributed by atoms with Gasteiger partial charge in [-0.15, -0.1) is 0 Å². The van der Waals surface area contributed by atoms with Crippen molar-refractivity contribution in [3.05, 3.63) is 108 Å². The Kier molecular flexibility index (Phi) is 8.16. The fourth-order valence-electron chi connectivity index (χ4n) is 4.39. The SMILES string of the molecule is O=C(NNC1CC1)[C@@]1(C/C=C/c2ccccc2)N=C(c2ccc(OCCCO)cc2)O[C@H]1c1ccccc1. The molecule has 2 atom stereocenters. The van der Waals surface area contributed by atoms with Crippen LogP contribution in [-0.4, -0.2) is 41.7 Å². The van der Waals surface area contributed by atoms with E-state index in [4.69, 9.17) is 19.6 Å². The van der Waals surface area contributed by atoms with Crippen molar-refractivity contribution in [3.8, 4) is 5.75 Å². The number of hydrogen-bond acceptors (Lipinski definition) is 6. The third kappa shape index (κ3) is 6.13. The lowest BCUT2D eigenvalue weighted by atomic mass is 9.84. The van der Waals surface area contributed by atoms with Crippen LogP contribution in [-0.2, 0) is 9.53 Å². The Morgan fingerprint density at radius 1 is 1.03 bits per heavy atom. The molecular weight excluding hydrogens is 478 g/mol. The molecule has 0 bridgehead atoms. The average Bonchev–Trinajstić information content (AvgIpc) is 3.72. The summed E-state index contributed by atoms with van der Waals surface area (Å²) in [7, 11) is 0. The summed E-state index contributed by atoms with van der Waals surface area (Å²) < 4.78 is 12.2. The van der Waals surface area contributed by atoms with Crippen LogP contribution in [0.3, 0.4) is 0 Å². The molecule has 38 heavy (non-hydrogen) atoms. The number of nitrogens with zero attached hydrogens (tertiary/aromatic N) is 1. The number of aliphatic hydroxyl groups is 1. The van der Waals surface area contributed by atoms with Crippen molar-refractivity contribution >= 4 is 17.9 Å². The van der Waals surface area contributed by atoms with Crippen LogP contribution in [0.1, 0.15) is 48.5 Å². The van der Waals surface area contributed by atoms with E-state index in [1.807, 2.05) is 97.1 Å². The van der Waals surface area contributed by atoms with Gasteiger partial charge in [-0.3, -0.25) is 10.2 Å². The largest absolute Gasteiger partial charge is 0.494 e. The highest BCUT2D eigenvalue weighted by atomic mass is 16.5. The van der Waals surface area contributed by atoms with Gasteiger partial charge in [0, 0.05) is 31.1 Å². The Balaban J connectivity index is 1.48. The number of carbonyl (C=O) groups excluding carboxylic acids is 1. The summed E-state index contributed by atoms with van der Waals surface area (Å²) in [5.74, 6) is 0.884. The van der Waals surface area contributed by atoms with Crippen molar-refractivity contribution in [2.45, 2.75) is 43.4 Å². The topological polar surface area (TPSA) is 92.2 Å². The van der Waals surface area contributed by atoms with Crippen molar-refractivity contribution < 1.29 is 19.4 Å². The molecule has 5 rings (SSSR count). The van der Waals surface area contributed by atoms with Gasteiger partial charge in [-0.2, -0.15) is 0 Å². The molecule has 0 spiro atoms.